The van der Waals surface area contributed by atoms with Crippen LogP contribution in [0, 0.1) is 0 Å². The van der Waals surface area contributed by atoms with Crippen LogP contribution in [0.1, 0.15) is 0 Å². The molecule has 2 rings (SSSR count). The van der Waals surface area contributed by atoms with Crippen molar-refractivity contribution < 1.29 is 0 Å². The highest BCUT2D eigenvalue weighted by Crippen LogP contribution is 1.95. The second-order valence-corrected chi connectivity index (χ2v) is 2.13. The Bertz CT molecular complexity index is 470. The molecule has 0 bridgehead atoms. The van der Waals surface area contributed by atoms with Gasteiger partial charge >= 0.3 is 0 Å². The van der Waals surface area contributed by atoms with Crippen LogP contribution in [0.4, 0.5) is 0 Å². The lowest BCUT2D eigenvalue weighted by molar-refractivity contribution is 1.17. The molecular formula is C7H4N4O. The summed E-state index contributed by atoms with van der Waals surface area (Å²) in [4.78, 5) is 26.0. The van der Waals surface area contributed by atoms with E-state index in [2.05, 4.69) is 19.9 Å². The van der Waals surface area contributed by atoms with Crippen LogP contribution in [0.2, 0.25) is 0 Å². The summed E-state index contributed by atoms with van der Waals surface area (Å²) in [6.45, 7) is 0. The molecule has 2 aromatic rings. The Labute approximate surface area is 67.2 Å². The standard InChI is InChI=1S/C7H4N4O/c12-6-1-2-9-7-5(11-6)3-8-4-10-7/h1-4H. The van der Waals surface area contributed by atoms with E-state index in [0.29, 0.717) is 11.2 Å². The molecular weight excluding hydrogens is 156 g/mol. The fourth-order valence-corrected chi connectivity index (χ4v) is 0.822. The van der Waals surface area contributed by atoms with Gasteiger partial charge in [0, 0.05) is 12.3 Å². The molecule has 58 valence electrons. The van der Waals surface area contributed by atoms with Crippen LogP contribution in [-0.4, -0.2) is 19.9 Å². The first kappa shape index (κ1) is 6.78. The van der Waals surface area contributed by atoms with E-state index >= 15 is 0 Å². The van der Waals surface area contributed by atoms with Crippen LogP contribution in [0.15, 0.2) is 29.6 Å². The van der Waals surface area contributed by atoms with Crippen LogP contribution in [-0.2, 0) is 0 Å². The van der Waals surface area contributed by atoms with Gasteiger partial charge in [0.1, 0.15) is 11.8 Å². The van der Waals surface area contributed by atoms with E-state index in [9.17, 15) is 4.79 Å². The molecule has 0 N–H and O–H groups in total. The average Bonchev–Trinajstić information content (AvgIpc) is 2.25. The highest BCUT2D eigenvalue weighted by molar-refractivity contribution is 5.66. The van der Waals surface area contributed by atoms with Crippen molar-refractivity contribution in [2.45, 2.75) is 0 Å². The molecule has 5 nitrogen and oxygen atoms in total. The SMILES string of the molecule is O=c1ccnc2ncncc2n1. The summed E-state index contributed by atoms with van der Waals surface area (Å²) in [5.41, 5.74) is 0.493. The van der Waals surface area contributed by atoms with Gasteiger partial charge < -0.3 is 0 Å². The average molecular weight is 160 g/mol. The third-order valence-corrected chi connectivity index (χ3v) is 1.32. The van der Waals surface area contributed by atoms with E-state index in [0.717, 1.165) is 0 Å². The third kappa shape index (κ3) is 1.12. The van der Waals surface area contributed by atoms with Gasteiger partial charge in [-0.3, -0.25) is 4.79 Å². The predicted octanol–water partition coefficient (Wildman–Crippen LogP) is -0.220. The van der Waals surface area contributed by atoms with Crippen LogP contribution in [0.5, 0.6) is 0 Å². The maximum Gasteiger partial charge on any atom is 0.271 e. The summed E-state index contributed by atoms with van der Waals surface area (Å²) < 4.78 is 0. The van der Waals surface area contributed by atoms with Gasteiger partial charge in [-0.05, 0) is 0 Å². The molecule has 2 aromatic heterocycles. The second kappa shape index (κ2) is 2.61. The quantitative estimate of drug-likeness (QED) is 0.533. The lowest BCUT2D eigenvalue weighted by Crippen LogP contribution is -1.98. The molecule has 0 radical (unpaired) electrons. The van der Waals surface area contributed by atoms with Gasteiger partial charge in [-0.15, -0.1) is 0 Å². The molecule has 0 aliphatic heterocycles. The van der Waals surface area contributed by atoms with E-state index in [1.165, 1.54) is 24.8 Å². The Morgan fingerprint density at radius 1 is 1.25 bits per heavy atom. The van der Waals surface area contributed by atoms with E-state index < -0.39 is 0 Å². The van der Waals surface area contributed by atoms with Crippen molar-refractivity contribution in [2.75, 3.05) is 0 Å². The van der Waals surface area contributed by atoms with Gasteiger partial charge in [0.05, 0.1) is 6.20 Å². The molecule has 2 heterocycles. The molecule has 0 saturated heterocycles. The molecule has 0 spiro atoms. The lowest BCUT2D eigenvalue weighted by atomic mass is 10.5. The first-order valence-corrected chi connectivity index (χ1v) is 3.29. The second-order valence-electron chi connectivity index (χ2n) is 2.13. The number of aromatic nitrogens is 4. The van der Waals surface area contributed by atoms with Crippen molar-refractivity contribution >= 4 is 11.2 Å². The van der Waals surface area contributed by atoms with Crippen LogP contribution in [0.25, 0.3) is 11.2 Å². The normalized spacial score (nSPS) is 10.0. The van der Waals surface area contributed by atoms with E-state index in [4.69, 9.17) is 0 Å². The minimum atomic E-state index is -0.340. The van der Waals surface area contributed by atoms with Gasteiger partial charge in [0.15, 0.2) is 5.65 Å². The minimum Gasteiger partial charge on any atom is -0.267 e. The molecule has 0 fully saturated rings. The summed E-state index contributed by atoms with van der Waals surface area (Å²) >= 11 is 0. The van der Waals surface area contributed by atoms with Gasteiger partial charge in [-0.2, -0.15) is 0 Å². The Hall–Kier alpha value is -1.91. The van der Waals surface area contributed by atoms with Crippen molar-refractivity contribution in [1.82, 2.24) is 19.9 Å². The maximum atomic E-state index is 10.9. The molecule has 12 heavy (non-hydrogen) atoms. The van der Waals surface area contributed by atoms with Crippen molar-refractivity contribution in [3.8, 4) is 0 Å². The van der Waals surface area contributed by atoms with Crippen molar-refractivity contribution in [1.29, 1.82) is 0 Å². The first-order chi connectivity index (χ1) is 5.86. The molecule has 0 aliphatic rings. The predicted molar refractivity (Wildman–Crippen MR) is 41.4 cm³/mol. The van der Waals surface area contributed by atoms with Gasteiger partial charge in [0.2, 0.25) is 0 Å². The summed E-state index contributed by atoms with van der Waals surface area (Å²) in [5, 5.41) is 0. The molecule has 0 amide bonds. The minimum absolute atomic E-state index is 0.340. The zero-order valence-corrected chi connectivity index (χ0v) is 6.01. The Morgan fingerprint density at radius 3 is 3.08 bits per heavy atom. The zero-order chi connectivity index (χ0) is 8.39. The number of hydrogen-bond acceptors (Lipinski definition) is 5. The Morgan fingerprint density at radius 2 is 2.17 bits per heavy atom. The van der Waals surface area contributed by atoms with Crippen LogP contribution in [0.3, 0.4) is 0 Å². The van der Waals surface area contributed by atoms with Crippen LogP contribution >= 0.6 is 0 Å². The molecule has 0 saturated carbocycles. The smallest absolute Gasteiger partial charge is 0.267 e. The van der Waals surface area contributed by atoms with Gasteiger partial charge in [-0.25, -0.2) is 19.9 Å². The van der Waals surface area contributed by atoms with E-state index in [1.54, 1.807) is 0 Å². The lowest BCUT2D eigenvalue weighted by Gasteiger charge is -1.83. The highest BCUT2D eigenvalue weighted by atomic mass is 16.1. The molecule has 5 heteroatoms. The van der Waals surface area contributed by atoms with E-state index in [-0.39, 0.29) is 5.56 Å². The van der Waals surface area contributed by atoms with Crippen molar-refractivity contribution in [2.24, 2.45) is 0 Å². The first-order valence-electron chi connectivity index (χ1n) is 3.29. The van der Waals surface area contributed by atoms with E-state index in [1.807, 2.05) is 0 Å². The molecule has 0 aromatic carbocycles. The molecule has 0 aliphatic carbocycles. The fourth-order valence-electron chi connectivity index (χ4n) is 0.822. The molecule has 0 atom stereocenters. The zero-order valence-electron chi connectivity index (χ0n) is 6.01. The largest absolute Gasteiger partial charge is 0.271 e. The summed E-state index contributed by atoms with van der Waals surface area (Å²) in [6, 6.07) is 1.28. The number of hydrogen-bond donors (Lipinski definition) is 0. The van der Waals surface area contributed by atoms with Crippen molar-refractivity contribution in [3.05, 3.63) is 35.1 Å². The topological polar surface area (TPSA) is 68.6 Å². The highest BCUT2D eigenvalue weighted by Gasteiger charge is 1.93. The summed E-state index contributed by atoms with van der Waals surface area (Å²) in [5.74, 6) is 0. The van der Waals surface area contributed by atoms with Crippen molar-refractivity contribution in [3.63, 3.8) is 0 Å². The fraction of sp³-hybridized carbons (Fsp3) is 0. The van der Waals surface area contributed by atoms with Gasteiger partial charge in [0.25, 0.3) is 5.56 Å². The number of fused-ring (bicyclic) bond motifs is 1. The Balaban J connectivity index is 2.98. The monoisotopic (exact) mass is 160 g/mol. The Kier molecular flexibility index (Phi) is 1.48. The van der Waals surface area contributed by atoms with Gasteiger partial charge in [-0.1, -0.05) is 0 Å². The summed E-state index contributed by atoms with van der Waals surface area (Å²) in [7, 11) is 0. The third-order valence-electron chi connectivity index (χ3n) is 1.32. The number of rotatable bonds is 0. The van der Waals surface area contributed by atoms with Crippen LogP contribution < -0.4 is 5.56 Å². The summed E-state index contributed by atoms with van der Waals surface area (Å²) in [6.07, 6.45) is 4.20. The molecule has 0 unspecified atom stereocenters. The number of nitrogens with zero attached hydrogens (tertiary/aromatic N) is 4. The maximum absolute atomic E-state index is 10.9.